The van der Waals surface area contributed by atoms with Crippen LogP contribution in [0.1, 0.15) is 28.8 Å². The van der Waals surface area contributed by atoms with Crippen molar-refractivity contribution in [2.75, 3.05) is 7.11 Å². The first kappa shape index (κ1) is 20.3. The SMILES string of the molecule is COC(=O)[C@H]1C(=O)Oc2ccc3ccccc3c2[C@@H]1[C@H](C)C(=O)c1ccc(Br)cc1. The summed E-state index contributed by atoms with van der Waals surface area (Å²) in [5.41, 5.74) is 1.19. The van der Waals surface area contributed by atoms with Gasteiger partial charge in [-0.15, -0.1) is 0 Å². The number of hydrogen-bond acceptors (Lipinski definition) is 5. The zero-order valence-corrected chi connectivity index (χ0v) is 18.0. The van der Waals surface area contributed by atoms with Gasteiger partial charge in [-0.1, -0.05) is 65.3 Å². The van der Waals surface area contributed by atoms with Crippen LogP contribution in [0.4, 0.5) is 0 Å². The molecule has 0 amide bonds. The van der Waals surface area contributed by atoms with Gasteiger partial charge in [-0.25, -0.2) is 0 Å². The Labute approximate surface area is 182 Å². The van der Waals surface area contributed by atoms with Gasteiger partial charge in [-0.3, -0.25) is 14.4 Å². The summed E-state index contributed by atoms with van der Waals surface area (Å²) in [6.45, 7) is 1.75. The lowest BCUT2D eigenvalue weighted by atomic mass is 9.72. The lowest BCUT2D eigenvalue weighted by Gasteiger charge is -2.34. The Morgan fingerprint density at radius 1 is 1.03 bits per heavy atom. The van der Waals surface area contributed by atoms with Crippen molar-refractivity contribution >= 4 is 44.4 Å². The van der Waals surface area contributed by atoms with Gasteiger partial charge in [0.2, 0.25) is 0 Å². The fraction of sp³-hybridized carbons (Fsp3) is 0.208. The highest BCUT2D eigenvalue weighted by Gasteiger charge is 2.48. The molecule has 0 bridgehead atoms. The molecule has 1 heterocycles. The number of halogens is 1. The summed E-state index contributed by atoms with van der Waals surface area (Å²) < 4.78 is 11.3. The Hall–Kier alpha value is -2.99. The van der Waals surface area contributed by atoms with Crippen molar-refractivity contribution in [3.63, 3.8) is 0 Å². The third-order valence-corrected chi connectivity index (χ3v) is 6.15. The lowest BCUT2D eigenvalue weighted by molar-refractivity contribution is -0.158. The van der Waals surface area contributed by atoms with Crippen LogP contribution >= 0.6 is 15.9 Å². The van der Waals surface area contributed by atoms with Gasteiger partial charge in [0.15, 0.2) is 11.7 Å². The first-order valence-corrected chi connectivity index (χ1v) is 10.3. The standard InChI is InChI=1S/C24H19BrO5/c1-13(22(26)15-7-10-16(25)11-8-15)19-20-17-6-4-3-5-14(17)9-12-18(20)30-24(28)21(19)23(27)29-2/h3-13,19,21H,1-2H3/t13-,19-,21-/m0/s1. The van der Waals surface area contributed by atoms with Crippen molar-refractivity contribution in [3.05, 3.63) is 76.3 Å². The number of hydrogen-bond donors (Lipinski definition) is 0. The number of ether oxygens (including phenoxy) is 2. The van der Waals surface area contributed by atoms with E-state index in [9.17, 15) is 14.4 Å². The van der Waals surface area contributed by atoms with Crippen molar-refractivity contribution in [1.82, 2.24) is 0 Å². The van der Waals surface area contributed by atoms with Gasteiger partial charge in [0.25, 0.3) is 0 Å². The summed E-state index contributed by atoms with van der Waals surface area (Å²) in [7, 11) is 1.23. The summed E-state index contributed by atoms with van der Waals surface area (Å²) in [6.07, 6.45) is 0. The second-order valence-electron chi connectivity index (χ2n) is 7.31. The molecule has 3 aromatic rings. The van der Waals surface area contributed by atoms with E-state index in [1.54, 1.807) is 37.3 Å². The fourth-order valence-electron chi connectivity index (χ4n) is 4.14. The summed E-state index contributed by atoms with van der Waals surface area (Å²) in [5.74, 6) is -3.79. The molecule has 5 nitrogen and oxygen atoms in total. The quantitative estimate of drug-likeness (QED) is 0.236. The third-order valence-electron chi connectivity index (χ3n) is 5.62. The van der Waals surface area contributed by atoms with Crippen LogP contribution in [0.2, 0.25) is 0 Å². The van der Waals surface area contributed by atoms with E-state index in [1.807, 2.05) is 30.3 Å². The minimum absolute atomic E-state index is 0.157. The predicted octanol–water partition coefficient (Wildman–Crippen LogP) is 4.91. The van der Waals surface area contributed by atoms with Gasteiger partial charge in [0.1, 0.15) is 5.75 Å². The molecular formula is C24H19BrO5. The fourth-order valence-corrected chi connectivity index (χ4v) is 4.41. The maximum absolute atomic E-state index is 13.3. The van der Waals surface area contributed by atoms with Crippen LogP contribution in [0.5, 0.6) is 5.75 Å². The van der Waals surface area contributed by atoms with Gasteiger partial charge in [0, 0.05) is 27.4 Å². The number of carbonyl (C=O) groups excluding carboxylic acids is 3. The van der Waals surface area contributed by atoms with E-state index in [2.05, 4.69) is 15.9 Å². The Bertz CT molecular complexity index is 1150. The maximum atomic E-state index is 13.3. The second kappa shape index (κ2) is 8.03. The molecule has 0 radical (unpaired) electrons. The Balaban J connectivity index is 1.90. The average Bonchev–Trinajstić information content (AvgIpc) is 2.77. The van der Waals surface area contributed by atoms with Gasteiger partial charge in [-0.05, 0) is 29.0 Å². The zero-order valence-electron chi connectivity index (χ0n) is 16.4. The van der Waals surface area contributed by atoms with Crippen molar-refractivity contribution in [2.24, 2.45) is 11.8 Å². The molecule has 0 fully saturated rings. The van der Waals surface area contributed by atoms with E-state index in [0.29, 0.717) is 16.9 Å². The number of Topliss-reactive ketones (excluding diaryl/α,β-unsaturated/α-hetero) is 1. The molecule has 6 heteroatoms. The molecular weight excluding hydrogens is 448 g/mol. The zero-order chi connectivity index (χ0) is 21.4. The van der Waals surface area contributed by atoms with Crippen molar-refractivity contribution in [1.29, 1.82) is 0 Å². The molecule has 152 valence electrons. The van der Waals surface area contributed by atoms with Crippen LogP contribution in [0.15, 0.2) is 65.1 Å². The average molecular weight is 467 g/mol. The maximum Gasteiger partial charge on any atom is 0.326 e. The second-order valence-corrected chi connectivity index (χ2v) is 8.22. The topological polar surface area (TPSA) is 69.7 Å². The number of ketones is 1. The van der Waals surface area contributed by atoms with E-state index in [4.69, 9.17) is 9.47 Å². The Morgan fingerprint density at radius 3 is 2.43 bits per heavy atom. The number of fused-ring (bicyclic) bond motifs is 3. The molecule has 1 aliphatic heterocycles. The number of rotatable bonds is 4. The molecule has 0 saturated heterocycles. The number of benzene rings is 3. The smallest absolute Gasteiger partial charge is 0.326 e. The molecule has 4 rings (SSSR count). The van der Waals surface area contributed by atoms with Crippen LogP contribution in [-0.4, -0.2) is 24.8 Å². The number of carbonyl (C=O) groups is 3. The van der Waals surface area contributed by atoms with E-state index in [1.165, 1.54) is 7.11 Å². The molecule has 0 aromatic heterocycles. The molecule has 3 aromatic carbocycles. The van der Waals surface area contributed by atoms with E-state index in [0.717, 1.165) is 15.2 Å². The van der Waals surface area contributed by atoms with Gasteiger partial charge < -0.3 is 9.47 Å². The highest BCUT2D eigenvalue weighted by Crippen LogP contribution is 2.47. The largest absolute Gasteiger partial charge is 0.468 e. The highest BCUT2D eigenvalue weighted by atomic mass is 79.9. The molecule has 30 heavy (non-hydrogen) atoms. The predicted molar refractivity (Wildman–Crippen MR) is 115 cm³/mol. The lowest BCUT2D eigenvalue weighted by Crippen LogP contribution is -2.42. The Morgan fingerprint density at radius 2 is 1.73 bits per heavy atom. The van der Waals surface area contributed by atoms with Crippen molar-refractivity contribution in [2.45, 2.75) is 12.8 Å². The molecule has 3 atom stereocenters. The molecule has 0 spiro atoms. The molecule has 1 aliphatic rings. The third kappa shape index (κ3) is 3.41. The first-order chi connectivity index (χ1) is 14.4. The molecule has 0 unspecified atom stereocenters. The van der Waals surface area contributed by atoms with Crippen LogP contribution in [0.25, 0.3) is 10.8 Å². The number of methoxy groups -OCH3 is 1. The number of esters is 2. The Kier molecular flexibility index (Phi) is 5.43. The summed E-state index contributed by atoms with van der Waals surface area (Å²) in [4.78, 5) is 38.7. The minimum atomic E-state index is -1.22. The van der Waals surface area contributed by atoms with Gasteiger partial charge in [-0.2, -0.15) is 0 Å². The van der Waals surface area contributed by atoms with Crippen molar-refractivity contribution < 1.29 is 23.9 Å². The molecule has 0 aliphatic carbocycles. The monoisotopic (exact) mass is 466 g/mol. The van der Waals surface area contributed by atoms with Crippen LogP contribution in [-0.2, 0) is 14.3 Å². The normalized spacial score (nSPS) is 19.0. The summed E-state index contributed by atoms with van der Waals surface area (Å²) >= 11 is 3.37. The van der Waals surface area contributed by atoms with E-state index in [-0.39, 0.29) is 5.78 Å². The van der Waals surface area contributed by atoms with Crippen LogP contribution < -0.4 is 4.74 Å². The van der Waals surface area contributed by atoms with Crippen LogP contribution in [0, 0.1) is 11.8 Å². The molecule has 0 N–H and O–H groups in total. The van der Waals surface area contributed by atoms with E-state index < -0.39 is 29.7 Å². The van der Waals surface area contributed by atoms with E-state index >= 15 is 0 Å². The van der Waals surface area contributed by atoms with Crippen LogP contribution in [0.3, 0.4) is 0 Å². The summed E-state index contributed by atoms with van der Waals surface area (Å²) in [6, 6.07) is 18.2. The van der Waals surface area contributed by atoms with Gasteiger partial charge >= 0.3 is 11.9 Å². The minimum Gasteiger partial charge on any atom is -0.468 e. The molecule has 0 saturated carbocycles. The van der Waals surface area contributed by atoms with Gasteiger partial charge in [0.05, 0.1) is 7.11 Å². The summed E-state index contributed by atoms with van der Waals surface area (Å²) in [5, 5.41) is 1.78. The highest BCUT2D eigenvalue weighted by molar-refractivity contribution is 9.10. The van der Waals surface area contributed by atoms with Crippen molar-refractivity contribution in [3.8, 4) is 5.75 Å². The first-order valence-electron chi connectivity index (χ1n) is 9.53.